The normalized spacial score (nSPS) is 10.5. The number of carbonyl (C=O) groups excluding carboxylic acids is 1. The molecule has 28 heavy (non-hydrogen) atoms. The summed E-state index contributed by atoms with van der Waals surface area (Å²) in [6, 6.07) is 15.2. The van der Waals surface area contributed by atoms with E-state index in [0.29, 0.717) is 31.1 Å². The number of carbonyl (C=O) groups is 1. The number of rotatable bonds is 9. The highest BCUT2D eigenvalue weighted by Crippen LogP contribution is 2.20. The Labute approximate surface area is 163 Å². The predicted octanol–water partition coefficient (Wildman–Crippen LogP) is 3.05. The second-order valence-corrected chi connectivity index (χ2v) is 6.19. The third-order valence-electron chi connectivity index (χ3n) is 4.28. The Morgan fingerprint density at radius 1 is 0.964 bits per heavy atom. The summed E-state index contributed by atoms with van der Waals surface area (Å²) < 4.78 is 15.5. The van der Waals surface area contributed by atoms with Gasteiger partial charge in [-0.25, -0.2) is 0 Å². The Kier molecular flexibility index (Phi) is 6.62. The molecule has 2 aromatic carbocycles. The second-order valence-electron chi connectivity index (χ2n) is 6.19. The highest BCUT2D eigenvalue weighted by Gasteiger charge is 2.11. The Bertz CT molecular complexity index is 889. The van der Waals surface area contributed by atoms with Crippen LogP contribution in [0.1, 0.15) is 17.9 Å². The summed E-state index contributed by atoms with van der Waals surface area (Å²) in [7, 11) is 3.25. The lowest BCUT2D eigenvalue weighted by Crippen LogP contribution is -2.25. The van der Waals surface area contributed by atoms with Crippen molar-refractivity contribution in [2.75, 3.05) is 20.8 Å². The lowest BCUT2D eigenvalue weighted by molar-refractivity contribution is -0.121. The molecule has 7 nitrogen and oxygen atoms in total. The number of nitrogens with one attached hydrogen (secondary N) is 1. The van der Waals surface area contributed by atoms with Crippen molar-refractivity contribution in [3.63, 3.8) is 0 Å². The van der Waals surface area contributed by atoms with E-state index < -0.39 is 0 Å². The second kappa shape index (κ2) is 9.55. The molecule has 0 fully saturated rings. The van der Waals surface area contributed by atoms with Crippen molar-refractivity contribution in [2.24, 2.45) is 0 Å². The molecule has 0 aliphatic carbocycles. The number of hydrogen-bond acceptors (Lipinski definition) is 6. The lowest BCUT2D eigenvalue weighted by Gasteiger charge is -2.05. The van der Waals surface area contributed by atoms with Crippen molar-refractivity contribution in [1.29, 1.82) is 0 Å². The molecule has 0 unspecified atom stereocenters. The van der Waals surface area contributed by atoms with Crippen molar-refractivity contribution in [3.05, 3.63) is 60.0 Å². The Morgan fingerprint density at radius 2 is 1.61 bits per heavy atom. The molecule has 0 radical (unpaired) electrons. The van der Waals surface area contributed by atoms with Gasteiger partial charge in [-0.15, -0.1) is 0 Å². The van der Waals surface area contributed by atoms with E-state index in [0.717, 1.165) is 29.0 Å². The van der Waals surface area contributed by atoms with Gasteiger partial charge in [-0.2, -0.15) is 4.98 Å². The minimum absolute atomic E-state index is 0.0438. The molecule has 146 valence electrons. The number of methoxy groups -OCH3 is 2. The van der Waals surface area contributed by atoms with Crippen molar-refractivity contribution in [2.45, 2.75) is 19.3 Å². The fraction of sp³-hybridized carbons (Fsp3) is 0.286. The molecule has 0 spiro atoms. The van der Waals surface area contributed by atoms with Gasteiger partial charge in [0.25, 0.3) is 0 Å². The first-order chi connectivity index (χ1) is 13.7. The van der Waals surface area contributed by atoms with Crippen LogP contribution < -0.4 is 14.8 Å². The number of hydrogen-bond donors (Lipinski definition) is 1. The summed E-state index contributed by atoms with van der Waals surface area (Å²) in [4.78, 5) is 16.4. The summed E-state index contributed by atoms with van der Waals surface area (Å²) in [5, 5.41) is 6.87. The number of benzene rings is 2. The maximum absolute atomic E-state index is 12.0. The zero-order valence-corrected chi connectivity index (χ0v) is 16.0. The zero-order chi connectivity index (χ0) is 19.8. The SMILES string of the molecule is COc1ccc(CCNC(=O)CCc2nc(-c3ccc(OC)cc3)no2)cc1. The van der Waals surface area contributed by atoms with Gasteiger partial charge < -0.3 is 19.3 Å². The molecule has 3 rings (SSSR count). The molecular weight excluding hydrogens is 358 g/mol. The standard InChI is InChI=1S/C21H23N3O4/c1-26-17-7-3-15(4-8-17)13-14-22-19(25)11-12-20-23-21(24-28-20)16-5-9-18(27-2)10-6-16/h3-10H,11-14H2,1-2H3,(H,22,25). The van der Waals surface area contributed by atoms with Crippen molar-refractivity contribution < 1.29 is 18.8 Å². The van der Waals surface area contributed by atoms with Crippen LogP contribution in [-0.4, -0.2) is 36.8 Å². The summed E-state index contributed by atoms with van der Waals surface area (Å²) in [5.41, 5.74) is 1.97. The first kappa shape index (κ1) is 19.4. The Balaban J connectivity index is 1.42. The maximum atomic E-state index is 12.0. The van der Waals surface area contributed by atoms with Crippen LogP contribution in [0.25, 0.3) is 11.4 Å². The van der Waals surface area contributed by atoms with Crippen LogP contribution in [0.3, 0.4) is 0 Å². The fourth-order valence-electron chi connectivity index (χ4n) is 2.66. The largest absolute Gasteiger partial charge is 0.497 e. The maximum Gasteiger partial charge on any atom is 0.227 e. The fourth-order valence-corrected chi connectivity index (χ4v) is 2.66. The van der Waals surface area contributed by atoms with Crippen LogP contribution in [-0.2, 0) is 17.6 Å². The lowest BCUT2D eigenvalue weighted by atomic mass is 10.1. The molecule has 0 aliphatic heterocycles. The van der Waals surface area contributed by atoms with Crippen LogP contribution in [0.5, 0.6) is 11.5 Å². The van der Waals surface area contributed by atoms with Gasteiger partial charge >= 0.3 is 0 Å². The molecule has 0 saturated heterocycles. The molecule has 7 heteroatoms. The van der Waals surface area contributed by atoms with Crippen LogP contribution >= 0.6 is 0 Å². The topological polar surface area (TPSA) is 86.5 Å². The predicted molar refractivity (Wildman–Crippen MR) is 104 cm³/mol. The molecule has 1 heterocycles. The number of aryl methyl sites for hydroxylation is 1. The van der Waals surface area contributed by atoms with E-state index in [4.69, 9.17) is 14.0 Å². The van der Waals surface area contributed by atoms with Gasteiger partial charge in [0.05, 0.1) is 14.2 Å². The first-order valence-electron chi connectivity index (χ1n) is 9.04. The Hall–Kier alpha value is -3.35. The van der Waals surface area contributed by atoms with Gasteiger partial charge in [0, 0.05) is 24.9 Å². The molecule has 0 bridgehead atoms. The summed E-state index contributed by atoms with van der Waals surface area (Å²) in [6.45, 7) is 0.575. The summed E-state index contributed by atoms with van der Waals surface area (Å²) in [5.74, 6) is 2.48. The van der Waals surface area contributed by atoms with Gasteiger partial charge in [0.1, 0.15) is 11.5 Å². The minimum atomic E-state index is -0.0438. The third kappa shape index (κ3) is 5.33. The molecule has 1 aromatic heterocycles. The average Bonchev–Trinajstić information content (AvgIpc) is 3.22. The van der Waals surface area contributed by atoms with Crippen molar-refractivity contribution >= 4 is 5.91 Å². The van der Waals surface area contributed by atoms with Crippen LogP contribution in [0.4, 0.5) is 0 Å². The molecular formula is C21H23N3O4. The van der Waals surface area contributed by atoms with Gasteiger partial charge in [0.2, 0.25) is 17.6 Å². The first-order valence-corrected chi connectivity index (χ1v) is 9.04. The molecule has 0 saturated carbocycles. The van der Waals surface area contributed by atoms with Crippen LogP contribution in [0.15, 0.2) is 53.1 Å². The highest BCUT2D eigenvalue weighted by molar-refractivity contribution is 5.76. The summed E-state index contributed by atoms with van der Waals surface area (Å²) >= 11 is 0. The molecule has 1 amide bonds. The van der Waals surface area contributed by atoms with Gasteiger partial charge in [-0.3, -0.25) is 4.79 Å². The molecule has 0 aliphatic rings. The number of amides is 1. The van der Waals surface area contributed by atoms with Gasteiger partial charge in [0.15, 0.2) is 0 Å². The minimum Gasteiger partial charge on any atom is -0.497 e. The van der Waals surface area contributed by atoms with E-state index in [2.05, 4.69) is 15.5 Å². The van der Waals surface area contributed by atoms with Crippen LogP contribution in [0.2, 0.25) is 0 Å². The van der Waals surface area contributed by atoms with E-state index >= 15 is 0 Å². The van der Waals surface area contributed by atoms with E-state index in [-0.39, 0.29) is 5.91 Å². The van der Waals surface area contributed by atoms with Crippen molar-refractivity contribution in [3.8, 4) is 22.9 Å². The molecule has 0 atom stereocenters. The number of aromatic nitrogens is 2. The van der Waals surface area contributed by atoms with Crippen LogP contribution in [0, 0.1) is 0 Å². The average molecular weight is 381 g/mol. The van der Waals surface area contributed by atoms with E-state index in [1.165, 1.54) is 0 Å². The molecule has 1 N–H and O–H groups in total. The monoisotopic (exact) mass is 381 g/mol. The van der Waals surface area contributed by atoms with E-state index in [1.54, 1.807) is 14.2 Å². The zero-order valence-electron chi connectivity index (χ0n) is 16.0. The Morgan fingerprint density at radius 3 is 2.25 bits per heavy atom. The van der Waals surface area contributed by atoms with Crippen molar-refractivity contribution in [1.82, 2.24) is 15.5 Å². The third-order valence-corrected chi connectivity index (χ3v) is 4.28. The number of nitrogens with zero attached hydrogens (tertiary/aromatic N) is 2. The number of ether oxygens (including phenoxy) is 2. The van der Waals surface area contributed by atoms with Gasteiger partial charge in [-0.05, 0) is 48.4 Å². The van der Waals surface area contributed by atoms with E-state index in [1.807, 2.05) is 48.5 Å². The summed E-state index contributed by atoms with van der Waals surface area (Å²) in [6.07, 6.45) is 1.46. The highest BCUT2D eigenvalue weighted by atomic mass is 16.5. The van der Waals surface area contributed by atoms with Gasteiger partial charge in [-0.1, -0.05) is 17.3 Å². The smallest absolute Gasteiger partial charge is 0.227 e. The molecule has 3 aromatic rings. The quantitative estimate of drug-likeness (QED) is 0.613. The van der Waals surface area contributed by atoms with E-state index in [9.17, 15) is 4.79 Å².